The number of nitrogens with two attached hydrogens (primary N) is 1. The minimum atomic E-state index is -0.138. The lowest BCUT2D eigenvalue weighted by molar-refractivity contribution is 0.299. The summed E-state index contributed by atoms with van der Waals surface area (Å²) in [5.74, 6) is 1.40. The zero-order chi connectivity index (χ0) is 15.4. The third-order valence-electron chi connectivity index (χ3n) is 3.10. The van der Waals surface area contributed by atoms with Crippen LogP contribution >= 0.6 is 23.2 Å². The molecule has 112 valence electrons. The molecule has 5 heteroatoms. The molecule has 0 unspecified atom stereocenters. The number of ether oxygens (including phenoxy) is 2. The van der Waals surface area contributed by atoms with Gasteiger partial charge in [-0.2, -0.15) is 0 Å². The van der Waals surface area contributed by atoms with E-state index in [9.17, 15) is 0 Å². The van der Waals surface area contributed by atoms with Gasteiger partial charge in [0, 0.05) is 33.3 Å². The Labute approximate surface area is 134 Å². The Morgan fingerprint density at radius 1 is 1.14 bits per heavy atom. The molecule has 0 radical (unpaired) electrons. The third kappa shape index (κ3) is 4.03. The largest absolute Gasteiger partial charge is 0.497 e. The van der Waals surface area contributed by atoms with Crippen molar-refractivity contribution in [3.05, 3.63) is 57.6 Å². The highest BCUT2D eigenvalue weighted by Gasteiger charge is 2.11. The monoisotopic (exact) mass is 325 g/mol. The molecule has 0 aliphatic heterocycles. The van der Waals surface area contributed by atoms with Gasteiger partial charge in [-0.25, -0.2) is 0 Å². The molecule has 3 nitrogen and oxygen atoms in total. The molecule has 0 saturated heterocycles. The average molecular weight is 326 g/mol. The predicted octanol–water partition coefficient (Wildman–Crippen LogP) is 4.60. The summed E-state index contributed by atoms with van der Waals surface area (Å²) >= 11 is 12.1. The molecule has 0 saturated carbocycles. The highest BCUT2D eigenvalue weighted by Crippen LogP contribution is 2.30. The van der Waals surface area contributed by atoms with Crippen LogP contribution < -0.4 is 15.2 Å². The maximum Gasteiger partial charge on any atom is 0.128 e. The van der Waals surface area contributed by atoms with E-state index in [0.717, 1.165) is 11.1 Å². The van der Waals surface area contributed by atoms with Crippen LogP contribution in [0.15, 0.2) is 36.4 Å². The molecule has 0 fully saturated rings. The first-order chi connectivity index (χ1) is 10.0. The second kappa shape index (κ2) is 7.03. The van der Waals surface area contributed by atoms with Crippen LogP contribution in [-0.4, -0.2) is 7.11 Å². The lowest BCUT2D eigenvalue weighted by Crippen LogP contribution is -2.08. The topological polar surface area (TPSA) is 44.5 Å². The van der Waals surface area contributed by atoms with Gasteiger partial charge in [-0.15, -0.1) is 0 Å². The van der Waals surface area contributed by atoms with Crippen LogP contribution in [0, 0.1) is 0 Å². The number of rotatable bonds is 5. The first-order valence-electron chi connectivity index (χ1n) is 6.51. The van der Waals surface area contributed by atoms with Gasteiger partial charge in [0.05, 0.1) is 7.11 Å². The Balaban J connectivity index is 2.24. The Hall–Kier alpha value is -1.42. The van der Waals surface area contributed by atoms with E-state index in [2.05, 4.69) is 0 Å². The van der Waals surface area contributed by atoms with Gasteiger partial charge < -0.3 is 15.2 Å². The highest BCUT2D eigenvalue weighted by atomic mass is 35.5. The molecule has 0 aliphatic carbocycles. The van der Waals surface area contributed by atoms with Gasteiger partial charge in [0.2, 0.25) is 0 Å². The Kier molecular flexibility index (Phi) is 5.34. The second-order valence-electron chi connectivity index (χ2n) is 4.72. The second-order valence-corrected chi connectivity index (χ2v) is 5.56. The van der Waals surface area contributed by atoms with Crippen molar-refractivity contribution >= 4 is 23.2 Å². The molecule has 0 aliphatic rings. The van der Waals surface area contributed by atoms with Crippen LogP contribution in [-0.2, 0) is 6.61 Å². The van der Waals surface area contributed by atoms with Crippen molar-refractivity contribution in [1.29, 1.82) is 0 Å². The van der Waals surface area contributed by atoms with Gasteiger partial charge in [0.15, 0.2) is 0 Å². The smallest absolute Gasteiger partial charge is 0.128 e. The minimum Gasteiger partial charge on any atom is -0.497 e. The number of methoxy groups -OCH3 is 1. The standard InChI is InChI=1S/C16H17Cl2NO2/c1-10(19)14-5-4-13(20-2)8-16(14)21-9-11-7-12(17)3-6-15(11)18/h3-8,10H,9,19H2,1-2H3/t10-/m0/s1. The molecule has 1 atom stereocenters. The molecule has 2 aromatic carbocycles. The molecule has 2 rings (SSSR count). The van der Waals surface area contributed by atoms with Gasteiger partial charge in [-0.1, -0.05) is 29.3 Å². The molecule has 2 aromatic rings. The van der Waals surface area contributed by atoms with Crippen LogP contribution in [0.5, 0.6) is 11.5 Å². The summed E-state index contributed by atoms with van der Waals surface area (Å²) in [6, 6.07) is 10.7. The predicted molar refractivity (Wildman–Crippen MR) is 86.4 cm³/mol. The number of benzene rings is 2. The first-order valence-corrected chi connectivity index (χ1v) is 7.27. The summed E-state index contributed by atoms with van der Waals surface area (Å²) in [5.41, 5.74) is 7.69. The molecular formula is C16H17Cl2NO2. The third-order valence-corrected chi connectivity index (χ3v) is 3.71. The fourth-order valence-electron chi connectivity index (χ4n) is 1.95. The van der Waals surface area contributed by atoms with Crippen LogP contribution in [0.2, 0.25) is 10.0 Å². The van der Waals surface area contributed by atoms with E-state index in [-0.39, 0.29) is 6.04 Å². The zero-order valence-electron chi connectivity index (χ0n) is 11.9. The summed E-state index contributed by atoms with van der Waals surface area (Å²) in [6.45, 7) is 2.22. The number of hydrogen-bond acceptors (Lipinski definition) is 3. The van der Waals surface area contributed by atoms with Gasteiger partial charge in [-0.05, 0) is 31.2 Å². The zero-order valence-corrected chi connectivity index (χ0v) is 13.4. The summed E-state index contributed by atoms with van der Waals surface area (Å²) in [6.07, 6.45) is 0. The maximum atomic E-state index is 6.14. The molecule has 0 aromatic heterocycles. The van der Waals surface area contributed by atoms with Gasteiger partial charge in [0.1, 0.15) is 18.1 Å². The average Bonchev–Trinajstić information content (AvgIpc) is 2.47. The first kappa shape index (κ1) is 16.0. The molecule has 0 amide bonds. The number of halogens is 2. The molecular weight excluding hydrogens is 309 g/mol. The molecule has 0 bridgehead atoms. The quantitative estimate of drug-likeness (QED) is 0.873. The lowest BCUT2D eigenvalue weighted by Gasteiger charge is -2.16. The van der Waals surface area contributed by atoms with Crippen LogP contribution in [0.3, 0.4) is 0 Å². The molecule has 0 spiro atoms. The SMILES string of the molecule is COc1ccc([C@H](C)N)c(OCc2cc(Cl)ccc2Cl)c1. The van der Waals surface area contributed by atoms with Crippen molar-refractivity contribution in [2.45, 2.75) is 19.6 Å². The number of hydrogen-bond donors (Lipinski definition) is 1. The van der Waals surface area contributed by atoms with Gasteiger partial charge in [0.25, 0.3) is 0 Å². The fourth-order valence-corrected chi connectivity index (χ4v) is 2.32. The minimum absolute atomic E-state index is 0.138. The van der Waals surface area contributed by atoms with Gasteiger partial charge >= 0.3 is 0 Å². The summed E-state index contributed by atoms with van der Waals surface area (Å²) in [5, 5.41) is 1.24. The van der Waals surface area contributed by atoms with E-state index in [1.165, 1.54) is 0 Å². The van der Waals surface area contributed by atoms with E-state index in [1.54, 1.807) is 25.3 Å². The lowest BCUT2D eigenvalue weighted by atomic mass is 10.1. The van der Waals surface area contributed by atoms with Crippen LogP contribution in [0.25, 0.3) is 0 Å². The van der Waals surface area contributed by atoms with Crippen molar-refractivity contribution in [3.8, 4) is 11.5 Å². The van der Waals surface area contributed by atoms with Crippen molar-refractivity contribution in [2.75, 3.05) is 7.11 Å². The van der Waals surface area contributed by atoms with Crippen molar-refractivity contribution in [2.24, 2.45) is 5.73 Å². The Morgan fingerprint density at radius 2 is 1.90 bits per heavy atom. The van der Waals surface area contributed by atoms with E-state index in [1.807, 2.05) is 25.1 Å². The summed E-state index contributed by atoms with van der Waals surface area (Å²) < 4.78 is 11.1. The maximum absolute atomic E-state index is 6.14. The Bertz CT molecular complexity index is 630. The van der Waals surface area contributed by atoms with E-state index < -0.39 is 0 Å². The van der Waals surface area contributed by atoms with Crippen molar-refractivity contribution in [3.63, 3.8) is 0 Å². The van der Waals surface area contributed by atoms with E-state index >= 15 is 0 Å². The summed E-state index contributed by atoms with van der Waals surface area (Å²) in [4.78, 5) is 0. The van der Waals surface area contributed by atoms with Crippen molar-refractivity contribution in [1.82, 2.24) is 0 Å². The van der Waals surface area contributed by atoms with Crippen molar-refractivity contribution < 1.29 is 9.47 Å². The highest BCUT2D eigenvalue weighted by molar-refractivity contribution is 6.33. The van der Waals surface area contributed by atoms with Crippen LogP contribution in [0.1, 0.15) is 24.1 Å². The molecule has 0 heterocycles. The van der Waals surface area contributed by atoms with Crippen LogP contribution in [0.4, 0.5) is 0 Å². The van der Waals surface area contributed by atoms with E-state index in [4.69, 9.17) is 38.4 Å². The van der Waals surface area contributed by atoms with Gasteiger partial charge in [-0.3, -0.25) is 0 Å². The molecule has 2 N–H and O–H groups in total. The normalized spacial score (nSPS) is 12.0. The summed E-state index contributed by atoms with van der Waals surface area (Å²) in [7, 11) is 1.61. The Morgan fingerprint density at radius 3 is 2.57 bits per heavy atom. The molecule has 21 heavy (non-hydrogen) atoms. The van der Waals surface area contributed by atoms with E-state index in [0.29, 0.717) is 28.2 Å². The fraction of sp³-hybridized carbons (Fsp3) is 0.250.